The van der Waals surface area contributed by atoms with Crippen molar-refractivity contribution in [1.82, 2.24) is 0 Å². The molecule has 4 rings (SSSR count). The Hall–Kier alpha value is -4.39. The fraction of sp³-hybridized carbons (Fsp3) is 0.206. The topological polar surface area (TPSA) is 63.2 Å². The number of ether oxygens (including phenoxy) is 5. The first-order valence-corrected chi connectivity index (χ1v) is 13.2. The number of carbonyl (C=O) groups is 1. The monoisotopic (exact) mass is 538 g/mol. The van der Waals surface area contributed by atoms with Crippen LogP contribution in [0.4, 0.5) is 0 Å². The molecular formula is C34H34O6. The maximum atomic E-state index is 13.2. The van der Waals surface area contributed by atoms with Crippen molar-refractivity contribution < 1.29 is 28.5 Å². The second kappa shape index (κ2) is 15.9. The SMILES string of the molecule is CO/C=C(\OCc1ccccc1)[C@H](OCc1ccccc1)[C@@H](COCc1ccccc1)OC(=O)c1ccccc1. The number of rotatable bonds is 15. The van der Waals surface area contributed by atoms with Crippen molar-refractivity contribution in [1.29, 1.82) is 0 Å². The Bertz CT molecular complexity index is 1290. The van der Waals surface area contributed by atoms with Crippen molar-refractivity contribution >= 4 is 5.97 Å². The van der Waals surface area contributed by atoms with Gasteiger partial charge in [-0.2, -0.15) is 0 Å². The standard InChI is InChI=1S/C34H34O6/c1-36-25-31(38-23-28-16-8-3-9-17-28)33(39-24-29-18-10-4-11-19-29)32(26-37-22-27-14-6-2-7-15-27)40-34(35)30-20-12-5-13-21-30/h2-21,25,32-33H,22-24,26H2,1H3/b31-25-/t32-,33+/m1/s1. The molecule has 0 aromatic heterocycles. The van der Waals surface area contributed by atoms with Gasteiger partial charge in [-0.25, -0.2) is 4.79 Å². The van der Waals surface area contributed by atoms with E-state index in [1.807, 2.05) is 97.1 Å². The highest BCUT2D eigenvalue weighted by Gasteiger charge is 2.32. The van der Waals surface area contributed by atoms with E-state index in [-0.39, 0.29) is 19.8 Å². The van der Waals surface area contributed by atoms with Crippen molar-refractivity contribution in [2.45, 2.75) is 32.0 Å². The molecule has 40 heavy (non-hydrogen) atoms. The molecule has 4 aromatic carbocycles. The number of carbonyl (C=O) groups excluding carboxylic acids is 1. The minimum Gasteiger partial charge on any atom is -0.501 e. The summed E-state index contributed by atoms with van der Waals surface area (Å²) >= 11 is 0. The van der Waals surface area contributed by atoms with E-state index >= 15 is 0 Å². The lowest BCUT2D eigenvalue weighted by Crippen LogP contribution is -2.39. The normalized spacial score (nSPS) is 12.8. The first-order chi connectivity index (χ1) is 19.7. The summed E-state index contributed by atoms with van der Waals surface area (Å²) in [6.07, 6.45) is -0.163. The number of hydrogen-bond donors (Lipinski definition) is 0. The van der Waals surface area contributed by atoms with E-state index in [1.54, 1.807) is 24.3 Å². The highest BCUT2D eigenvalue weighted by Crippen LogP contribution is 2.22. The van der Waals surface area contributed by atoms with Gasteiger partial charge in [-0.1, -0.05) is 109 Å². The van der Waals surface area contributed by atoms with E-state index in [1.165, 1.54) is 13.4 Å². The van der Waals surface area contributed by atoms with E-state index in [0.29, 0.717) is 17.9 Å². The Balaban J connectivity index is 1.59. The lowest BCUT2D eigenvalue weighted by molar-refractivity contribution is -0.0951. The summed E-state index contributed by atoms with van der Waals surface area (Å²) in [5, 5.41) is 0. The van der Waals surface area contributed by atoms with Crippen LogP contribution < -0.4 is 0 Å². The Morgan fingerprint density at radius 2 is 1.18 bits per heavy atom. The Labute approximate surface area is 235 Å². The van der Waals surface area contributed by atoms with Crippen molar-refractivity contribution in [3.8, 4) is 0 Å². The van der Waals surface area contributed by atoms with Crippen LogP contribution in [0, 0.1) is 0 Å². The molecule has 0 saturated carbocycles. The Kier molecular flexibility index (Phi) is 11.4. The van der Waals surface area contributed by atoms with E-state index in [9.17, 15) is 4.79 Å². The summed E-state index contributed by atoms with van der Waals surface area (Å²) < 4.78 is 30.1. The molecule has 0 aliphatic rings. The van der Waals surface area contributed by atoms with Gasteiger partial charge in [-0.15, -0.1) is 0 Å². The Morgan fingerprint density at radius 1 is 0.675 bits per heavy atom. The maximum absolute atomic E-state index is 13.2. The average Bonchev–Trinajstić information content (AvgIpc) is 3.01. The van der Waals surface area contributed by atoms with E-state index in [2.05, 4.69) is 0 Å². The van der Waals surface area contributed by atoms with E-state index in [0.717, 1.165) is 16.7 Å². The molecule has 0 N–H and O–H groups in total. The van der Waals surface area contributed by atoms with Gasteiger partial charge in [0.2, 0.25) is 0 Å². The molecule has 6 nitrogen and oxygen atoms in total. The highest BCUT2D eigenvalue weighted by molar-refractivity contribution is 5.89. The third kappa shape index (κ3) is 9.12. The smallest absolute Gasteiger partial charge is 0.338 e. The maximum Gasteiger partial charge on any atom is 0.338 e. The molecule has 0 saturated heterocycles. The third-order valence-electron chi connectivity index (χ3n) is 6.03. The quantitative estimate of drug-likeness (QED) is 0.124. The summed E-state index contributed by atoms with van der Waals surface area (Å²) in [5.41, 5.74) is 3.38. The fourth-order valence-electron chi connectivity index (χ4n) is 4.00. The predicted octanol–water partition coefficient (Wildman–Crippen LogP) is 6.72. The predicted molar refractivity (Wildman–Crippen MR) is 153 cm³/mol. The molecule has 0 aliphatic carbocycles. The van der Waals surface area contributed by atoms with Gasteiger partial charge in [0.1, 0.15) is 12.9 Å². The van der Waals surface area contributed by atoms with Crippen LogP contribution in [-0.4, -0.2) is 31.9 Å². The first-order valence-electron chi connectivity index (χ1n) is 13.2. The molecule has 0 aliphatic heterocycles. The summed E-state index contributed by atoms with van der Waals surface area (Å²) in [5.74, 6) is -0.0986. The number of methoxy groups -OCH3 is 1. The van der Waals surface area contributed by atoms with Crippen LogP contribution in [0.1, 0.15) is 27.0 Å². The van der Waals surface area contributed by atoms with Crippen LogP contribution in [0.25, 0.3) is 0 Å². The van der Waals surface area contributed by atoms with Gasteiger partial charge < -0.3 is 23.7 Å². The van der Waals surface area contributed by atoms with Gasteiger partial charge in [0.05, 0.1) is 32.5 Å². The second-order valence-electron chi connectivity index (χ2n) is 9.06. The van der Waals surface area contributed by atoms with Crippen molar-refractivity contribution in [2.24, 2.45) is 0 Å². The van der Waals surface area contributed by atoms with Crippen LogP contribution in [-0.2, 0) is 43.5 Å². The highest BCUT2D eigenvalue weighted by atomic mass is 16.6. The van der Waals surface area contributed by atoms with Crippen LogP contribution in [0.3, 0.4) is 0 Å². The van der Waals surface area contributed by atoms with Gasteiger partial charge in [-0.05, 0) is 28.8 Å². The molecule has 2 atom stereocenters. The summed E-state index contributed by atoms with van der Waals surface area (Å²) in [6, 6.07) is 38.2. The summed E-state index contributed by atoms with van der Waals surface area (Å²) in [6.45, 7) is 0.966. The van der Waals surface area contributed by atoms with Crippen LogP contribution in [0.2, 0.25) is 0 Å². The van der Waals surface area contributed by atoms with Gasteiger partial charge in [-0.3, -0.25) is 0 Å². The van der Waals surface area contributed by atoms with Crippen LogP contribution in [0.15, 0.2) is 133 Å². The average molecular weight is 539 g/mol. The molecule has 0 amide bonds. The summed E-state index contributed by atoms with van der Waals surface area (Å²) in [7, 11) is 1.54. The first kappa shape index (κ1) is 28.6. The molecular weight excluding hydrogens is 504 g/mol. The molecule has 0 radical (unpaired) electrons. The molecule has 0 bridgehead atoms. The second-order valence-corrected chi connectivity index (χ2v) is 9.06. The zero-order chi connectivity index (χ0) is 27.8. The lowest BCUT2D eigenvalue weighted by Gasteiger charge is -2.29. The fourth-order valence-corrected chi connectivity index (χ4v) is 4.00. The summed E-state index contributed by atoms with van der Waals surface area (Å²) in [4.78, 5) is 13.2. The minimum atomic E-state index is -0.836. The van der Waals surface area contributed by atoms with E-state index in [4.69, 9.17) is 23.7 Å². The molecule has 0 heterocycles. The van der Waals surface area contributed by atoms with Gasteiger partial charge >= 0.3 is 5.97 Å². The zero-order valence-electron chi connectivity index (χ0n) is 22.6. The van der Waals surface area contributed by atoms with Gasteiger partial charge in [0.25, 0.3) is 0 Å². The van der Waals surface area contributed by atoms with Gasteiger partial charge in [0, 0.05) is 0 Å². The van der Waals surface area contributed by atoms with Crippen LogP contribution in [0.5, 0.6) is 0 Å². The van der Waals surface area contributed by atoms with Crippen molar-refractivity contribution in [3.63, 3.8) is 0 Å². The molecule has 0 unspecified atom stereocenters. The lowest BCUT2D eigenvalue weighted by atomic mass is 10.1. The van der Waals surface area contributed by atoms with Crippen molar-refractivity contribution in [2.75, 3.05) is 13.7 Å². The molecule has 0 spiro atoms. The largest absolute Gasteiger partial charge is 0.501 e. The minimum absolute atomic E-state index is 0.0721. The number of esters is 1. The van der Waals surface area contributed by atoms with Crippen LogP contribution >= 0.6 is 0 Å². The Morgan fingerprint density at radius 3 is 1.73 bits per heavy atom. The zero-order valence-corrected chi connectivity index (χ0v) is 22.6. The molecule has 206 valence electrons. The number of benzene rings is 4. The van der Waals surface area contributed by atoms with Gasteiger partial charge in [0.15, 0.2) is 18.0 Å². The van der Waals surface area contributed by atoms with E-state index < -0.39 is 18.2 Å². The third-order valence-corrected chi connectivity index (χ3v) is 6.03. The molecule has 6 heteroatoms. The molecule has 0 fully saturated rings. The van der Waals surface area contributed by atoms with Crippen molar-refractivity contribution in [3.05, 3.63) is 156 Å². The number of hydrogen-bond acceptors (Lipinski definition) is 6. The molecule has 4 aromatic rings.